The second-order valence-electron chi connectivity index (χ2n) is 3.17. The van der Waals surface area contributed by atoms with Gasteiger partial charge in [-0.15, -0.1) is 11.3 Å². The summed E-state index contributed by atoms with van der Waals surface area (Å²) in [6, 6.07) is 13.5. The number of halogens is 1. The lowest BCUT2D eigenvalue weighted by atomic mass is 10.1. The zero-order chi connectivity index (χ0) is 11.4. The molecule has 0 aliphatic rings. The van der Waals surface area contributed by atoms with Crippen LogP contribution < -0.4 is 0 Å². The fourth-order valence-corrected chi connectivity index (χ4v) is 2.26. The molecule has 0 bridgehead atoms. The molecular formula is C13H8ClNS. The van der Waals surface area contributed by atoms with E-state index < -0.39 is 0 Å². The third-order valence-electron chi connectivity index (χ3n) is 2.11. The number of hydrogen-bond donors (Lipinski definition) is 0. The number of rotatable bonds is 2. The lowest BCUT2D eigenvalue weighted by Crippen LogP contribution is -1.82. The predicted octanol–water partition coefficient (Wildman–Crippen LogP) is 4.47. The molecule has 0 aliphatic heterocycles. The number of allylic oxidation sites excluding steroid dienone is 1. The van der Waals surface area contributed by atoms with Crippen molar-refractivity contribution in [2.45, 2.75) is 0 Å². The number of benzene rings is 1. The summed E-state index contributed by atoms with van der Waals surface area (Å²) in [5.74, 6) is 0. The van der Waals surface area contributed by atoms with Crippen LogP contribution in [0.4, 0.5) is 0 Å². The van der Waals surface area contributed by atoms with E-state index in [0.29, 0.717) is 10.6 Å². The molecule has 3 heteroatoms. The van der Waals surface area contributed by atoms with Gasteiger partial charge in [0.2, 0.25) is 0 Å². The highest BCUT2D eigenvalue weighted by Gasteiger charge is 2.05. The lowest BCUT2D eigenvalue weighted by Gasteiger charge is -2.00. The molecule has 2 aromatic rings. The molecule has 78 valence electrons. The van der Waals surface area contributed by atoms with E-state index in [1.807, 2.05) is 41.8 Å². The summed E-state index contributed by atoms with van der Waals surface area (Å²) in [5.41, 5.74) is 1.37. The molecule has 2 rings (SSSR count). The summed E-state index contributed by atoms with van der Waals surface area (Å²) in [4.78, 5) is 1.05. The molecule has 0 saturated carbocycles. The monoisotopic (exact) mass is 245 g/mol. The predicted molar refractivity (Wildman–Crippen MR) is 69.3 cm³/mol. The molecule has 0 saturated heterocycles. The van der Waals surface area contributed by atoms with Crippen LogP contribution in [0.5, 0.6) is 0 Å². The number of thiophene rings is 1. The van der Waals surface area contributed by atoms with Crippen LogP contribution in [-0.4, -0.2) is 0 Å². The number of hydrogen-bond acceptors (Lipinski definition) is 2. The first-order valence-electron chi connectivity index (χ1n) is 4.71. The summed E-state index contributed by atoms with van der Waals surface area (Å²) in [6.07, 6.45) is 1.85. The molecule has 1 nitrogen and oxygen atoms in total. The topological polar surface area (TPSA) is 23.8 Å². The van der Waals surface area contributed by atoms with Gasteiger partial charge in [-0.2, -0.15) is 5.26 Å². The minimum absolute atomic E-state index is 0.591. The molecule has 1 aromatic heterocycles. The Bertz CT molecular complexity index is 550. The third-order valence-corrected chi connectivity index (χ3v) is 3.26. The fourth-order valence-electron chi connectivity index (χ4n) is 1.37. The lowest BCUT2D eigenvalue weighted by molar-refractivity contribution is 1.52. The van der Waals surface area contributed by atoms with E-state index >= 15 is 0 Å². The van der Waals surface area contributed by atoms with E-state index in [1.165, 1.54) is 0 Å². The quantitative estimate of drug-likeness (QED) is 0.717. The van der Waals surface area contributed by atoms with E-state index in [-0.39, 0.29) is 0 Å². The normalized spacial score (nSPS) is 11.1. The van der Waals surface area contributed by atoms with Crippen molar-refractivity contribution in [3.63, 3.8) is 0 Å². The first-order chi connectivity index (χ1) is 7.81. The number of nitriles is 1. The maximum atomic E-state index is 9.13. The van der Waals surface area contributed by atoms with Crippen LogP contribution in [0.25, 0.3) is 11.6 Å². The van der Waals surface area contributed by atoms with Gasteiger partial charge in [-0.1, -0.05) is 35.9 Å². The molecule has 0 aliphatic carbocycles. The van der Waals surface area contributed by atoms with Crippen molar-refractivity contribution in [1.29, 1.82) is 5.26 Å². The van der Waals surface area contributed by atoms with Crippen molar-refractivity contribution < 1.29 is 0 Å². The van der Waals surface area contributed by atoms with Crippen molar-refractivity contribution in [3.8, 4) is 6.07 Å². The van der Waals surface area contributed by atoms with Gasteiger partial charge in [0.25, 0.3) is 0 Å². The smallest absolute Gasteiger partial charge is 0.0999 e. The minimum Gasteiger partial charge on any atom is -0.192 e. The molecule has 0 atom stereocenters. The summed E-state index contributed by atoms with van der Waals surface area (Å²) in [5, 5.41) is 11.7. The number of nitrogens with zero attached hydrogens (tertiary/aromatic N) is 1. The van der Waals surface area contributed by atoms with Gasteiger partial charge >= 0.3 is 0 Å². The molecule has 0 radical (unpaired) electrons. The summed E-state index contributed by atoms with van der Waals surface area (Å²) >= 11 is 7.65. The SMILES string of the molecule is N#CC(=Cc1cccs1)c1ccccc1Cl. The van der Waals surface area contributed by atoms with Crippen molar-refractivity contribution in [2.75, 3.05) is 0 Å². The van der Waals surface area contributed by atoms with E-state index in [2.05, 4.69) is 6.07 Å². The first-order valence-corrected chi connectivity index (χ1v) is 5.97. The zero-order valence-electron chi connectivity index (χ0n) is 8.35. The second-order valence-corrected chi connectivity index (χ2v) is 4.55. The van der Waals surface area contributed by atoms with E-state index in [1.54, 1.807) is 17.4 Å². The van der Waals surface area contributed by atoms with Crippen molar-refractivity contribution in [1.82, 2.24) is 0 Å². The summed E-state index contributed by atoms with van der Waals surface area (Å²) < 4.78 is 0. The Morgan fingerprint density at radius 2 is 2.06 bits per heavy atom. The molecule has 0 N–H and O–H groups in total. The minimum atomic E-state index is 0.591. The van der Waals surface area contributed by atoms with E-state index in [4.69, 9.17) is 16.9 Å². The van der Waals surface area contributed by atoms with Crippen LogP contribution in [0.15, 0.2) is 41.8 Å². The van der Waals surface area contributed by atoms with Crippen molar-refractivity contribution in [2.24, 2.45) is 0 Å². The van der Waals surface area contributed by atoms with Crippen molar-refractivity contribution in [3.05, 3.63) is 57.2 Å². The molecule has 0 unspecified atom stereocenters. The Hall–Kier alpha value is -1.56. The molecule has 0 amide bonds. The Morgan fingerprint density at radius 1 is 1.25 bits per heavy atom. The Kier molecular flexibility index (Phi) is 3.40. The standard InChI is InChI=1S/C13H8ClNS/c14-13-6-2-1-5-12(13)10(9-15)8-11-4-3-7-16-11/h1-8H. The first kappa shape index (κ1) is 10.9. The van der Waals surface area contributed by atoms with Gasteiger partial charge in [0, 0.05) is 15.5 Å². The van der Waals surface area contributed by atoms with E-state index in [9.17, 15) is 0 Å². The van der Waals surface area contributed by atoms with Gasteiger partial charge in [-0.3, -0.25) is 0 Å². The highest BCUT2D eigenvalue weighted by Crippen LogP contribution is 2.26. The molecule has 16 heavy (non-hydrogen) atoms. The van der Waals surface area contributed by atoms with Crippen LogP contribution in [0, 0.1) is 11.3 Å². The highest BCUT2D eigenvalue weighted by molar-refractivity contribution is 7.10. The average molecular weight is 246 g/mol. The largest absolute Gasteiger partial charge is 0.192 e. The maximum absolute atomic E-state index is 9.13. The Morgan fingerprint density at radius 3 is 2.69 bits per heavy atom. The maximum Gasteiger partial charge on any atom is 0.0999 e. The summed E-state index contributed by atoms with van der Waals surface area (Å²) in [6.45, 7) is 0. The summed E-state index contributed by atoms with van der Waals surface area (Å²) in [7, 11) is 0. The van der Waals surface area contributed by atoms with Crippen molar-refractivity contribution >= 4 is 34.6 Å². The average Bonchev–Trinajstić information content (AvgIpc) is 2.80. The Balaban J connectivity index is 2.46. The van der Waals surface area contributed by atoms with Gasteiger partial charge in [-0.05, 0) is 23.6 Å². The molecule has 0 spiro atoms. The zero-order valence-corrected chi connectivity index (χ0v) is 9.92. The third kappa shape index (κ3) is 2.33. The fraction of sp³-hybridized carbons (Fsp3) is 0. The van der Waals surface area contributed by atoms with Gasteiger partial charge in [0.1, 0.15) is 0 Å². The van der Waals surface area contributed by atoms with Crippen LogP contribution in [-0.2, 0) is 0 Å². The second kappa shape index (κ2) is 4.98. The molecule has 1 heterocycles. The van der Waals surface area contributed by atoms with Crippen LogP contribution >= 0.6 is 22.9 Å². The van der Waals surface area contributed by atoms with Crippen LogP contribution in [0.2, 0.25) is 5.02 Å². The molecule has 0 fully saturated rings. The van der Waals surface area contributed by atoms with Gasteiger partial charge in [-0.25, -0.2) is 0 Å². The van der Waals surface area contributed by atoms with E-state index in [0.717, 1.165) is 10.4 Å². The van der Waals surface area contributed by atoms with Gasteiger partial charge in [0.15, 0.2) is 0 Å². The van der Waals surface area contributed by atoms with Gasteiger partial charge in [0.05, 0.1) is 11.6 Å². The molecule has 1 aromatic carbocycles. The highest BCUT2D eigenvalue weighted by atomic mass is 35.5. The van der Waals surface area contributed by atoms with Crippen LogP contribution in [0.3, 0.4) is 0 Å². The molecular weight excluding hydrogens is 238 g/mol. The Labute approximate surface area is 103 Å². The van der Waals surface area contributed by atoms with Gasteiger partial charge < -0.3 is 0 Å². The van der Waals surface area contributed by atoms with Crippen LogP contribution in [0.1, 0.15) is 10.4 Å².